The highest BCUT2D eigenvalue weighted by Gasteiger charge is 2.18. The maximum absolute atomic E-state index is 12.8. The van der Waals surface area contributed by atoms with Gasteiger partial charge in [-0.2, -0.15) is 15.0 Å². The Hall–Kier alpha value is -4.51. The molecule has 4 aromatic rings. The number of rotatable bonds is 5. The zero-order valence-electron chi connectivity index (χ0n) is 19.4. The van der Waals surface area contributed by atoms with Crippen molar-refractivity contribution in [2.75, 3.05) is 10.6 Å². The van der Waals surface area contributed by atoms with Crippen LogP contribution in [0, 0.1) is 32.1 Å². The third kappa shape index (κ3) is 4.64. The number of hydrogen-bond acceptors (Lipinski definition) is 5. The van der Waals surface area contributed by atoms with E-state index >= 15 is 0 Å². The van der Waals surface area contributed by atoms with Gasteiger partial charge in [-0.15, -0.1) is 0 Å². The molecule has 2 N–H and O–H groups in total. The number of aromatic nitrogens is 3. The van der Waals surface area contributed by atoms with E-state index in [2.05, 4.69) is 33.9 Å². The number of nitriles is 1. The average Bonchev–Trinajstić information content (AvgIpc) is 3.17. The zero-order chi connectivity index (χ0) is 24.4. The molecule has 0 aliphatic rings. The molecule has 34 heavy (non-hydrogen) atoms. The Morgan fingerprint density at radius 2 is 1.76 bits per heavy atom. The van der Waals surface area contributed by atoms with Gasteiger partial charge in [0.2, 0.25) is 11.8 Å². The van der Waals surface area contributed by atoms with Gasteiger partial charge >= 0.3 is 0 Å². The van der Waals surface area contributed by atoms with Crippen molar-refractivity contribution in [2.24, 2.45) is 0 Å². The fourth-order valence-corrected chi connectivity index (χ4v) is 3.93. The number of nitrogens with one attached hydrogen (secondary N) is 2. The van der Waals surface area contributed by atoms with Gasteiger partial charge in [0.25, 0.3) is 0 Å². The second-order valence-electron chi connectivity index (χ2n) is 8.31. The van der Waals surface area contributed by atoms with Crippen LogP contribution in [-0.2, 0) is 16.0 Å². The Labute approximate surface area is 197 Å². The third-order valence-corrected chi connectivity index (χ3v) is 5.45. The second-order valence-corrected chi connectivity index (χ2v) is 8.31. The van der Waals surface area contributed by atoms with Crippen LogP contribution < -0.4 is 10.6 Å². The van der Waals surface area contributed by atoms with Crippen LogP contribution in [0.1, 0.15) is 34.7 Å². The normalized spacial score (nSPS) is 10.7. The van der Waals surface area contributed by atoms with Gasteiger partial charge in [0.15, 0.2) is 11.6 Å². The number of benzene rings is 2. The Bertz CT molecular complexity index is 1460. The summed E-state index contributed by atoms with van der Waals surface area (Å²) in [7, 11) is 0. The summed E-state index contributed by atoms with van der Waals surface area (Å²) in [5.41, 5.74) is 5.75. The molecular formula is C26H24N6O2. The van der Waals surface area contributed by atoms with Crippen molar-refractivity contribution in [3.05, 3.63) is 76.5 Å². The van der Waals surface area contributed by atoms with Crippen LogP contribution in [0.5, 0.6) is 0 Å². The quantitative estimate of drug-likeness (QED) is 0.467. The van der Waals surface area contributed by atoms with Crippen LogP contribution in [0.4, 0.5) is 11.5 Å². The van der Waals surface area contributed by atoms with Gasteiger partial charge in [-0.1, -0.05) is 23.8 Å². The molecule has 8 heteroatoms. The van der Waals surface area contributed by atoms with E-state index in [0.717, 1.165) is 33.2 Å². The van der Waals surface area contributed by atoms with Crippen molar-refractivity contribution < 1.29 is 9.59 Å². The first kappa shape index (κ1) is 22.7. The molecule has 0 spiro atoms. The highest BCUT2D eigenvalue weighted by molar-refractivity contribution is 5.93. The van der Waals surface area contributed by atoms with Crippen molar-refractivity contribution in [3.8, 4) is 11.9 Å². The lowest BCUT2D eigenvalue weighted by Gasteiger charge is -2.13. The van der Waals surface area contributed by atoms with Gasteiger partial charge in [0, 0.05) is 18.0 Å². The standard InChI is InChI=1S/C26H24N6O2/c1-15-9-17(3)25-22(10-15)16(2)11-23(30-25)32-26(20(13-27)14-28-32)31-24(34)12-19-5-7-21(8-6-19)29-18(4)33/h5-11,14H,12H2,1-4H3,(H,29,33)(H,31,34). The summed E-state index contributed by atoms with van der Waals surface area (Å²) >= 11 is 0. The van der Waals surface area contributed by atoms with E-state index in [-0.39, 0.29) is 29.6 Å². The molecule has 2 aromatic heterocycles. The molecule has 4 rings (SSSR count). The summed E-state index contributed by atoms with van der Waals surface area (Å²) in [6, 6.07) is 15.2. The largest absolute Gasteiger partial charge is 0.326 e. The fourth-order valence-electron chi connectivity index (χ4n) is 3.93. The average molecular weight is 453 g/mol. The number of carbonyl (C=O) groups is 2. The summed E-state index contributed by atoms with van der Waals surface area (Å²) in [5.74, 6) is 0.340. The maximum Gasteiger partial charge on any atom is 0.229 e. The van der Waals surface area contributed by atoms with Gasteiger partial charge in [-0.05, 0) is 61.7 Å². The number of carbonyl (C=O) groups excluding carboxylic acids is 2. The highest BCUT2D eigenvalue weighted by Crippen LogP contribution is 2.26. The van der Waals surface area contributed by atoms with Gasteiger partial charge in [0.1, 0.15) is 11.6 Å². The maximum atomic E-state index is 12.8. The molecule has 0 atom stereocenters. The van der Waals surface area contributed by atoms with Gasteiger partial charge < -0.3 is 10.6 Å². The topological polar surface area (TPSA) is 113 Å². The molecule has 2 heterocycles. The number of nitrogens with zero attached hydrogens (tertiary/aromatic N) is 4. The summed E-state index contributed by atoms with van der Waals surface area (Å²) in [4.78, 5) is 28.8. The van der Waals surface area contributed by atoms with Crippen LogP contribution in [0.15, 0.2) is 48.7 Å². The first-order valence-corrected chi connectivity index (χ1v) is 10.8. The fraction of sp³-hybridized carbons (Fsp3) is 0.192. The first-order chi connectivity index (χ1) is 16.2. The van der Waals surface area contributed by atoms with E-state index in [0.29, 0.717) is 11.5 Å². The number of anilines is 2. The number of pyridine rings is 1. The van der Waals surface area contributed by atoms with E-state index in [1.54, 1.807) is 24.3 Å². The number of amides is 2. The molecule has 0 aliphatic heterocycles. The van der Waals surface area contributed by atoms with Crippen LogP contribution >= 0.6 is 0 Å². The van der Waals surface area contributed by atoms with E-state index in [4.69, 9.17) is 4.98 Å². The molecule has 2 aromatic carbocycles. The minimum Gasteiger partial charge on any atom is -0.326 e. The van der Waals surface area contributed by atoms with E-state index in [9.17, 15) is 14.9 Å². The predicted molar refractivity (Wildman–Crippen MR) is 131 cm³/mol. The zero-order valence-corrected chi connectivity index (χ0v) is 19.4. The molecular weight excluding hydrogens is 428 g/mol. The molecule has 0 bridgehead atoms. The van der Waals surface area contributed by atoms with Crippen LogP contribution in [0.3, 0.4) is 0 Å². The molecule has 170 valence electrons. The van der Waals surface area contributed by atoms with E-state index in [1.807, 2.05) is 26.8 Å². The SMILES string of the molecule is CC(=O)Nc1ccc(CC(=O)Nc2c(C#N)cnn2-c2cc(C)c3cc(C)cc(C)c3n2)cc1. The Morgan fingerprint density at radius 3 is 2.44 bits per heavy atom. The van der Waals surface area contributed by atoms with Crippen LogP contribution in [-0.4, -0.2) is 26.6 Å². The van der Waals surface area contributed by atoms with Crippen molar-refractivity contribution in [1.29, 1.82) is 5.26 Å². The van der Waals surface area contributed by atoms with Crippen molar-refractivity contribution >= 4 is 34.2 Å². The number of hydrogen-bond donors (Lipinski definition) is 2. The number of fused-ring (bicyclic) bond motifs is 1. The van der Waals surface area contributed by atoms with E-state index < -0.39 is 0 Å². The monoisotopic (exact) mass is 452 g/mol. The van der Waals surface area contributed by atoms with Crippen molar-refractivity contribution in [1.82, 2.24) is 14.8 Å². The molecule has 0 saturated carbocycles. The van der Waals surface area contributed by atoms with Crippen LogP contribution in [0.25, 0.3) is 16.7 Å². The van der Waals surface area contributed by atoms with Gasteiger partial charge in [0.05, 0.1) is 18.1 Å². The second kappa shape index (κ2) is 9.16. The van der Waals surface area contributed by atoms with Crippen molar-refractivity contribution in [2.45, 2.75) is 34.1 Å². The molecule has 0 fully saturated rings. The first-order valence-electron chi connectivity index (χ1n) is 10.8. The lowest BCUT2D eigenvalue weighted by molar-refractivity contribution is -0.116. The Kier molecular flexibility index (Phi) is 6.11. The van der Waals surface area contributed by atoms with Gasteiger partial charge in [-0.3, -0.25) is 9.59 Å². The minimum absolute atomic E-state index is 0.0962. The molecule has 0 radical (unpaired) electrons. The van der Waals surface area contributed by atoms with Crippen molar-refractivity contribution in [3.63, 3.8) is 0 Å². The summed E-state index contributed by atoms with van der Waals surface area (Å²) in [6.07, 6.45) is 1.51. The summed E-state index contributed by atoms with van der Waals surface area (Å²) < 4.78 is 1.49. The molecule has 0 saturated heterocycles. The molecule has 0 unspecified atom stereocenters. The summed E-state index contributed by atoms with van der Waals surface area (Å²) in [5, 5.41) is 20.5. The highest BCUT2D eigenvalue weighted by atomic mass is 16.2. The van der Waals surface area contributed by atoms with Gasteiger partial charge in [-0.25, -0.2) is 4.98 Å². The number of aryl methyl sites for hydroxylation is 3. The van der Waals surface area contributed by atoms with Crippen LogP contribution in [0.2, 0.25) is 0 Å². The third-order valence-electron chi connectivity index (χ3n) is 5.45. The molecule has 8 nitrogen and oxygen atoms in total. The molecule has 0 aliphatic carbocycles. The van der Waals surface area contributed by atoms with E-state index in [1.165, 1.54) is 17.8 Å². The predicted octanol–water partition coefficient (Wildman–Crippen LogP) is 4.36. The molecule has 2 amide bonds. The minimum atomic E-state index is -0.296. The lowest BCUT2D eigenvalue weighted by atomic mass is 10.0. The Morgan fingerprint density at radius 1 is 1.03 bits per heavy atom. The summed E-state index contributed by atoms with van der Waals surface area (Å²) in [6.45, 7) is 7.50. The lowest BCUT2D eigenvalue weighted by Crippen LogP contribution is -2.18. The Balaban J connectivity index is 1.63. The smallest absolute Gasteiger partial charge is 0.229 e.